The first-order valence-electron chi connectivity index (χ1n) is 9.67. The van der Waals surface area contributed by atoms with E-state index >= 15 is 0 Å². The predicted octanol–water partition coefficient (Wildman–Crippen LogP) is 5.53. The van der Waals surface area contributed by atoms with Gasteiger partial charge >= 0.3 is 0 Å². The molecule has 0 saturated carbocycles. The molecule has 3 rings (SSSR count). The van der Waals surface area contributed by atoms with Crippen LogP contribution in [0, 0.1) is 6.92 Å². The highest BCUT2D eigenvalue weighted by Gasteiger charge is 2.22. The summed E-state index contributed by atoms with van der Waals surface area (Å²) in [6.07, 6.45) is -0.829. The number of hydrogen-bond donors (Lipinski definition) is 1. The lowest BCUT2D eigenvalue weighted by atomic mass is 10.2. The van der Waals surface area contributed by atoms with Gasteiger partial charge in [0.2, 0.25) is 0 Å². The number of hydrogen-bond acceptors (Lipinski definition) is 4. The van der Waals surface area contributed by atoms with Crippen LogP contribution in [0.1, 0.15) is 12.5 Å². The lowest BCUT2D eigenvalue weighted by Crippen LogP contribution is -2.30. The quantitative estimate of drug-likeness (QED) is 0.470. The van der Waals surface area contributed by atoms with E-state index in [2.05, 4.69) is 5.32 Å². The molecule has 0 aromatic heterocycles. The van der Waals surface area contributed by atoms with E-state index in [1.54, 1.807) is 73.7 Å². The van der Waals surface area contributed by atoms with E-state index < -0.39 is 22.0 Å². The van der Waals surface area contributed by atoms with Gasteiger partial charge in [0.15, 0.2) is 6.10 Å². The molecule has 0 fully saturated rings. The van der Waals surface area contributed by atoms with Crippen LogP contribution < -0.4 is 14.4 Å². The minimum atomic E-state index is -3.70. The Hall–Kier alpha value is -2.74. The number of carbonyl (C=O) groups excluding carboxylic acids is 1. The van der Waals surface area contributed by atoms with E-state index in [0.29, 0.717) is 22.1 Å². The van der Waals surface area contributed by atoms with Gasteiger partial charge in [-0.1, -0.05) is 47.0 Å². The number of sulfonamides is 1. The van der Waals surface area contributed by atoms with Crippen LogP contribution in [0.5, 0.6) is 5.75 Å². The topological polar surface area (TPSA) is 75.7 Å². The Balaban J connectivity index is 1.67. The largest absolute Gasteiger partial charge is 0.481 e. The number of aryl methyl sites for hydroxylation is 1. The van der Waals surface area contributed by atoms with Crippen LogP contribution in [0.2, 0.25) is 10.0 Å². The average Bonchev–Trinajstić information content (AvgIpc) is 2.77. The zero-order valence-corrected chi connectivity index (χ0v) is 20.0. The molecule has 1 N–H and O–H groups in total. The van der Waals surface area contributed by atoms with E-state index in [1.807, 2.05) is 6.92 Å². The second-order valence-electron chi connectivity index (χ2n) is 7.13. The number of rotatable bonds is 7. The first-order valence-corrected chi connectivity index (χ1v) is 11.9. The number of benzene rings is 3. The molecule has 3 aromatic rings. The van der Waals surface area contributed by atoms with E-state index in [0.717, 1.165) is 5.56 Å². The van der Waals surface area contributed by atoms with E-state index in [-0.39, 0.29) is 9.92 Å². The van der Waals surface area contributed by atoms with Crippen molar-refractivity contribution in [2.45, 2.75) is 24.8 Å². The molecule has 0 aliphatic heterocycles. The molecule has 0 heterocycles. The maximum atomic E-state index is 12.8. The Kier molecular flexibility index (Phi) is 7.33. The second-order valence-corrected chi connectivity index (χ2v) is 9.88. The third-order valence-electron chi connectivity index (χ3n) is 4.77. The summed E-state index contributed by atoms with van der Waals surface area (Å²) >= 11 is 12.1. The monoisotopic (exact) mass is 492 g/mol. The fourth-order valence-corrected chi connectivity index (χ4v) is 4.38. The number of halogens is 2. The molecule has 0 saturated heterocycles. The highest BCUT2D eigenvalue weighted by molar-refractivity contribution is 7.92. The summed E-state index contributed by atoms with van der Waals surface area (Å²) < 4.78 is 32.6. The van der Waals surface area contributed by atoms with Crippen molar-refractivity contribution >= 4 is 50.5 Å². The molecule has 1 amide bonds. The van der Waals surface area contributed by atoms with Crippen LogP contribution in [0.15, 0.2) is 71.6 Å². The van der Waals surface area contributed by atoms with Crippen molar-refractivity contribution in [3.63, 3.8) is 0 Å². The molecule has 1 atom stereocenters. The molecular formula is C23H22Cl2N2O4S. The van der Waals surface area contributed by atoms with Gasteiger partial charge in [-0.3, -0.25) is 9.10 Å². The molecule has 0 aliphatic carbocycles. The molecule has 0 spiro atoms. The summed E-state index contributed by atoms with van der Waals surface area (Å²) in [6, 6.07) is 18.0. The Bertz CT molecular complexity index is 1210. The van der Waals surface area contributed by atoms with Gasteiger partial charge in [-0.05, 0) is 62.4 Å². The van der Waals surface area contributed by atoms with Gasteiger partial charge in [0.25, 0.3) is 15.9 Å². The molecule has 0 aliphatic rings. The van der Waals surface area contributed by atoms with Crippen molar-refractivity contribution in [1.29, 1.82) is 0 Å². The zero-order chi connectivity index (χ0) is 23.5. The predicted molar refractivity (Wildman–Crippen MR) is 128 cm³/mol. The van der Waals surface area contributed by atoms with Crippen molar-refractivity contribution in [1.82, 2.24) is 0 Å². The second kappa shape index (κ2) is 9.81. The Morgan fingerprint density at radius 1 is 1.00 bits per heavy atom. The SMILES string of the molecule is Cc1ccc(S(=O)(=O)N(C)c2ccc(O[C@H](C)C(=O)Nc3cccc(Cl)c3Cl)cc2)cc1. The number of carbonyl (C=O) groups is 1. The summed E-state index contributed by atoms with van der Waals surface area (Å²) in [4.78, 5) is 12.6. The number of nitrogens with one attached hydrogen (secondary N) is 1. The highest BCUT2D eigenvalue weighted by atomic mass is 35.5. The van der Waals surface area contributed by atoms with Crippen molar-refractivity contribution < 1.29 is 17.9 Å². The number of amides is 1. The van der Waals surface area contributed by atoms with Crippen molar-refractivity contribution in [3.8, 4) is 5.75 Å². The smallest absolute Gasteiger partial charge is 0.265 e. The lowest BCUT2D eigenvalue weighted by Gasteiger charge is -2.20. The van der Waals surface area contributed by atoms with Crippen LogP contribution >= 0.6 is 23.2 Å². The van der Waals surface area contributed by atoms with Crippen LogP contribution in [0.3, 0.4) is 0 Å². The fourth-order valence-electron chi connectivity index (χ4n) is 2.83. The molecule has 0 bridgehead atoms. The maximum Gasteiger partial charge on any atom is 0.265 e. The Labute approximate surface area is 197 Å². The molecule has 3 aromatic carbocycles. The number of ether oxygens (including phenoxy) is 1. The highest BCUT2D eigenvalue weighted by Crippen LogP contribution is 2.30. The molecule has 9 heteroatoms. The van der Waals surface area contributed by atoms with Gasteiger partial charge in [-0.25, -0.2) is 8.42 Å². The molecular weight excluding hydrogens is 471 g/mol. The summed E-state index contributed by atoms with van der Waals surface area (Å²) in [5, 5.41) is 3.25. The summed E-state index contributed by atoms with van der Waals surface area (Å²) in [7, 11) is -2.21. The zero-order valence-electron chi connectivity index (χ0n) is 17.7. The molecule has 168 valence electrons. The van der Waals surface area contributed by atoms with Crippen molar-refractivity contribution in [2.75, 3.05) is 16.7 Å². The van der Waals surface area contributed by atoms with Crippen LogP contribution in [-0.4, -0.2) is 27.5 Å². The van der Waals surface area contributed by atoms with Gasteiger partial charge in [-0.15, -0.1) is 0 Å². The van der Waals surface area contributed by atoms with E-state index in [1.165, 1.54) is 11.4 Å². The van der Waals surface area contributed by atoms with E-state index in [4.69, 9.17) is 27.9 Å². The van der Waals surface area contributed by atoms with Gasteiger partial charge < -0.3 is 10.1 Å². The average molecular weight is 493 g/mol. The van der Waals surface area contributed by atoms with E-state index in [9.17, 15) is 13.2 Å². The first-order chi connectivity index (χ1) is 15.1. The first kappa shape index (κ1) is 23.9. The lowest BCUT2D eigenvalue weighted by molar-refractivity contribution is -0.122. The van der Waals surface area contributed by atoms with Gasteiger partial charge in [0.1, 0.15) is 5.75 Å². The molecule has 32 heavy (non-hydrogen) atoms. The molecule has 0 radical (unpaired) electrons. The van der Waals surface area contributed by atoms with Gasteiger partial charge in [0.05, 0.1) is 26.3 Å². The van der Waals surface area contributed by atoms with Crippen LogP contribution in [0.4, 0.5) is 11.4 Å². The third-order valence-corrected chi connectivity index (χ3v) is 7.39. The molecule has 6 nitrogen and oxygen atoms in total. The summed E-state index contributed by atoms with van der Waals surface area (Å²) in [5.74, 6) is 0.00651. The summed E-state index contributed by atoms with van der Waals surface area (Å²) in [5.41, 5.74) is 1.82. The minimum absolute atomic E-state index is 0.205. The third kappa shape index (κ3) is 5.35. The van der Waals surface area contributed by atoms with Crippen molar-refractivity contribution in [2.24, 2.45) is 0 Å². The van der Waals surface area contributed by atoms with Gasteiger partial charge in [0, 0.05) is 7.05 Å². The summed E-state index contributed by atoms with van der Waals surface area (Å²) in [6.45, 7) is 3.49. The normalized spacial score (nSPS) is 12.2. The Morgan fingerprint density at radius 2 is 1.62 bits per heavy atom. The number of anilines is 2. The number of nitrogens with zero attached hydrogens (tertiary/aromatic N) is 1. The van der Waals surface area contributed by atoms with Crippen LogP contribution in [-0.2, 0) is 14.8 Å². The van der Waals surface area contributed by atoms with Crippen molar-refractivity contribution in [3.05, 3.63) is 82.3 Å². The fraction of sp³-hybridized carbons (Fsp3) is 0.174. The standard InChI is InChI=1S/C23H22Cl2N2O4S/c1-15-7-13-19(14-8-15)32(29,30)27(3)17-9-11-18(12-10-17)31-16(2)23(28)26-21-6-4-5-20(24)22(21)25/h4-14,16H,1-3H3,(H,26,28)/t16-/m1/s1. The maximum absolute atomic E-state index is 12.8. The van der Waals surface area contributed by atoms with Gasteiger partial charge in [-0.2, -0.15) is 0 Å². The van der Waals surface area contributed by atoms with Crippen LogP contribution in [0.25, 0.3) is 0 Å². The Morgan fingerprint density at radius 3 is 2.25 bits per heavy atom. The minimum Gasteiger partial charge on any atom is -0.481 e. The molecule has 0 unspecified atom stereocenters.